The molecule has 0 saturated carbocycles. The molecule has 0 aliphatic heterocycles. The van der Waals surface area contributed by atoms with E-state index < -0.39 is 0 Å². The van der Waals surface area contributed by atoms with Crippen molar-refractivity contribution in [2.75, 3.05) is 7.11 Å². The lowest BCUT2D eigenvalue weighted by Gasteiger charge is -2.08. The van der Waals surface area contributed by atoms with E-state index in [1.54, 1.807) is 13.3 Å². The number of hydrogen-bond acceptors (Lipinski definition) is 3. The fourth-order valence-electron chi connectivity index (χ4n) is 3.27. The number of fused-ring (bicyclic) bond motifs is 1. The topological polar surface area (TPSA) is 39.9 Å². The number of para-hydroxylation sites is 1. The number of benzene rings is 3. The van der Waals surface area contributed by atoms with Gasteiger partial charge < -0.3 is 4.74 Å². The number of methoxy groups -OCH3 is 1. The molecule has 0 unspecified atom stereocenters. The summed E-state index contributed by atoms with van der Waals surface area (Å²) >= 11 is 0. The summed E-state index contributed by atoms with van der Waals surface area (Å²) in [5, 5.41) is 2.48. The van der Waals surface area contributed by atoms with Crippen molar-refractivity contribution in [3.63, 3.8) is 0 Å². The van der Waals surface area contributed by atoms with Gasteiger partial charge in [-0.3, -0.25) is 9.55 Å². The highest BCUT2D eigenvalue weighted by Gasteiger charge is 2.08. The molecule has 0 radical (unpaired) electrons. The van der Waals surface area contributed by atoms with Gasteiger partial charge in [0.05, 0.1) is 7.11 Å². The highest BCUT2D eigenvalue weighted by Crippen LogP contribution is 2.25. The van der Waals surface area contributed by atoms with Crippen LogP contribution in [0.15, 0.2) is 116 Å². The normalized spacial score (nSPS) is 9.36. The number of ether oxygens (including phenoxy) is 1. The Hall–Kier alpha value is -4.18. The van der Waals surface area contributed by atoms with Gasteiger partial charge in [0.25, 0.3) is 0 Å². The molecule has 2 heterocycles. The van der Waals surface area contributed by atoms with Gasteiger partial charge in [-0.25, -0.2) is 4.98 Å². The molecule has 4 heteroatoms. The van der Waals surface area contributed by atoms with Crippen molar-refractivity contribution < 1.29 is 4.74 Å². The second-order valence-corrected chi connectivity index (χ2v) is 8.59. The molecule has 5 aromatic rings. The first-order valence-corrected chi connectivity index (χ1v) is 13.7. The van der Waals surface area contributed by atoms with Crippen LogP contribution in [0.1, 0.15) is 54.2 Å². The van der Waals surface area contributed by atoms with Crippen LogP contribution in [0.25, 0.3) is 33.6 Å². The molecule has 0 fully saturated rings. The van der Waals surface area contributed by atoms with Crippen molar-refractivity contribution >= 4 is 16.5 Å². The first-order chi connectivity index (χ1) is 19.0. The van der Waals surface area contributed by atoms with E-state index in [2.05, 4.69) is 96.5 Å². The first kappa shape index (κ1) is 32.8. The van der Waals surface area contributed by atoms with Gasteiger partial charge in [0.15, 0.2) is 0 Å². The fourth-order valence-corrected chi connectivity index (χ4v) is 3.27. The monoisotopic (exact) mass is 523 g/mol. The minimum absolute atomic E-state index is 0.598. The molecule has 206 valence electrons. The fraction of sp³-hybridized carbons (Fsp3) is 0.257. The smallest absolute Gasteiger partial charge is 0.144 e. The molecular formula is C35H45N3O. The van der Waals surface area contributed by atoms with E-state index >= 15 is 0 Å². The van der Waals surface area contributed by atoms with Crippen LogP contribution in [0, 0.1) is 5.92 Å². The summed E-state index contributed by atoms with van der Waals surface area (Å²) < 4.78 is 6.99. The Kier molecular flexibility index (Phi) is 16.0. The Morgan fingerprint density at radius 1 is 0.718 bits per heavy atom. The third-order valence-electron chi connectivity index (χ3n) is 4.88. The van der Waals surface area contributed by atoms with Crippen LogP contribution < -0.4 is 0 Å². The molecule has 0 amide bonds. The van der Waals surface area contributed by atoms with Gasteiger partial charge in [-0.1, -0.05) is 116 Å². The summed E-state index contributed by atoms with van der Waals surface area (Å²) in [6.45, 7) is 18.2. The van der Waals surface area contributed by atoms with Crippen molar-refractivity contribution in [3.05, 3.63) is 122 Å². The molecule has 0 bridgehead atoms. The van der Waals surface area contributed by atoms with E-state index in [1.807, 2.05) is 76.5 Å². The quantitative estimate of drug-likeness (QED) is 0.220. The molecule has 2 aromatic heterocycles. The zero-order valence-corrected chi connectivity index (χ0v) is 24.9. The lowest BCUT2D eigenvalue weighted by atomic mass is 10.1. The summed E-state index contributed by atoms with van der Waals surface area (Å²) in [6.07, 6.45) is 5.55. The van der Waals surface area contributed by atoms with E-state index in [1.165, 1.54) is 10.8 Å². The predicted octanol–water partition coefficient (Wildman–Crippen LogP) is 10.1. The molecule has 0 atom stereocenters. The maximum Gasteiger partial charge on any atom is 0.144 e. The van der Waals surface area contributed by atoms with Crippen LogP contribution in [0.5, 0.6) is 0 Å². The summed E-state index contributed by atoms with van der Waals surface area (Å²) in [6, 6.07) is 30.7. The van der Waals surface area contributed by atoms with E-state index in [9.17, 15) is 0 Å². The van der Waals surface area contributed by atoms with Gasteiger partial charge in [-0.15, -0.1) is 0 Å². The molecule has 0 N–H and O–H groups in total. The highest BCUT2D eigenvalue weighted by molar-refractivity contribution is 5.86. The molecule has 5 rings (SSSR count). The molecule has 4 nitrogen and oxygen atoms in total. The van der Waals surface area contributed by atoms with E-state index in [0.29, 0.717) is 5.76 Å². The zero-order chi connectivity index (χ0) is 29.0. The Bertz CT molecular complexity index is 1320. The number of hydrogen-bond donors (Lipinski definition) is 0. The number of pyridine rings is 1. The highest BCUT2D eigenvalue weighted by atomic mass is 16.5. The van der Waals surface area contributed by atoms with Gasteiger partial charge in [0.1, 0.15) is 17.3 Å². The van der Waals surface area contributed by atoms with Crippen molar-refractivity contribution in [3.8, 4) is 17.1 Å². The number of aromatic nitrogens is 3. The predicted molar refractivity (Wildman–Crippen MR) is 170 cm³/mol. The number of nitrogens with zero attached hydrogens (tertiary/aromatic N) is 3. The lowest BCUT2D eigenvalue weighted by molar-refractivity contribution is 0.369. The molecule has 3 aromatic carbocycles. The van der Waals surface area contributed by atoms with Gasteiger partial charge >= 0.3 is 0 Å². The molecular weight excluding hydrogens is 478 g/mol. The van der Waals surface area contributed by atoms with Crippen molar-refractivity contribution in [1.29, 1.82) is 0 Å². The van der Waals surface area contributed by atoms with Crippen molar-refractivity contribution in [2.24, 2.45) is 5.92 Å². The van der Waals surface area contributed by atoms with Gasteiger partial charge in [-0.2, -0.15) is 0 Å². The first-order valence-electron chi connectivity index (χ1n) is 13.7. The molecule has 0 saturated heterocycles. The average molecular weight is 524 g/mol. The Balaban J connectivity index is 0.000000354. The Morgan fingerprint density at radius 3 is 1.90 bits per heavy atom. The summed E-state index contributed by atoms with van der Waals surface area (Å²) in [7, 11) is 1.58. The second kappa shape index (κ2) is 19.0. The van der Waals surface area contributed by atoms with Crippen LogP contribution in [0.3, 0.4) is 0 Å². The number of imidazole rings is 1. The van der Waals surface area contributed by atoms with Crippen LogP contribution in [0.4, 0.5) is 0 Å². The third-order valence-corrected chi connectivity index (χ3v) is 4.88. The Morgan fingerprint density at radius 2 is 1.31 bits per heavy atom. The van der Waals surface area contributed by atoms with Gasteiger partial charge in [0.2, 0.25) is 0 Å². The minimum atomic E-state index is 0.598. The van der Waals surface area contributed by atoms with E-state index in [0.717, 1.165) is 28.7 Å². The molecule has 0 aliphatic carbocycles. The summed E-state index contributed by atoms with van der Waals surface area (Å²) in [5.41, 5.74) is 3.03. The standard InChI is InChI=1S/C19H14N2.C8H9NO.C4H10.2C2H6/c1-2-8-18(9-3-1)21-13-12-20-19(21)17-11-10-15-6-4-5-7-16(15)14-17;1-7(10-2)8-5-3-4-6-9-8;1-4(2)3;2*1-2/h1-14H;3-6H,1H2,2H3;4H,1-3H3;2*1-2H3. The van der Waals surface area contributed by atoms with Gasteiger partial charge in [-0.05, 0) is 47.0 Å². The third kappa shape index (κ3) is 11.0. The lowest BCUT2D eigenvalue weighted by Crippen LogP contribution is -1.95. The maximum atomic E-state index is 4.88. The second-order valence-electron chi connectivity index (χ2n) is 8.59. The van der Waals surface area contributed by atoms with Crippen LogP contribution in [-0.2, 0) is 4.74 Å². The van der Waals surface area contributed by atoms with Crippen LogP contribution in [-0.4, -0.2) is 21.6 Å². The van der Waals surface area contributed by atoms with E-state index in [4.69, 9.17) is 4.74 Å². The van der Waals surface area contributed by atoms with Crippen molar-refractivity contribution in [1.82, 2.24) is 14.5 Å². The maximum absolute atomic E-state index is 4.88. The van der Waals surface area contributed by atoms with E-state index in [-0.39, 0.29) is 0 Å². The van der Waals surface area contributed by atoms with Gasteiger partial charge in [0, 0.05) is 29.8 Å². The molecule has 0 aliphatic rings. The van der Waals surface area contributed by atoms with Crippen LogP contribution in [0.2, 0.25) is 0 Å². The molecule has 0 spiro atoms. The average Bonchev–Trinajstić information content (AvgIpc) is 3.50. The minimum Gasteiger partial charge on any atom is -0.495 e. The SMILES string of the molecule is C=C(OC)c1ccccn1.CC.CC.CC(C)C.c1ccc(-n2ccnc2-c2ccc3ccccc3c2)cc1. The molecule has 39 heavy (non-hydrogen) atoms. The van der Waals surface area contributed by atoms with Crippen molar-refractivity contribution in [2.45, 2.75) is 48.5 Å². The van der Waals surface area contributed by atoms with Crippen LogP contribution >= 0.6 is 0 Å². The summed E-state index contributed by atoms with van der Waals surface area (Å²) in [4.78, 5) is 8.56. The number of rotatable bonds is 4. The zero-order valence-electron chi connectivity index (χ0n) is 24.9. The Labute approximate surface area is 236 Å². The largest absolute Gasteiger partial charge is 0.495 e. The summed E-state index contributed by atoms with van der Waals surface area (Å²) in [5.74, 6) is 2.40.